The number of alkyl halides is 1. The molecule has 0 aliphatic carbocycles. The molecule has 1 aromatic heterocycles. The van der Waals surface area contributed by atoms with E-state index in [0.717, 1.165) is 0 Å². The summed E-state index contributed by atoms with van der Waals surface area (Å²) in [5, 5.41) is 0.592. The fourth-order valence-electron chi connectivity index (χ4n) is 1.97. The minimum Gasteiger partial charge on any atom is -0.295 e. The maximum atomic E-state index is 12.4. The number of hydrogen-bond donors (Lipinski definition) is 0. The Morgan fingerprint density at radius 2 is 2.11 bits per heavy atom. The molecule has 0 aliphatic rings. The SMILES string of the molecule is CS(=O)CCCn1c(CCl)nc2ccccc2c1=O. The molecule has 1 atom stereocenters. The predicted octanol–water partition coefficient (Wildman–Crippen LogP) is 1.90. The highest BCUT2D eigenvalue weighted by Gasteiger charge is 2.09. The predicted molar refractivity (Wildman–Crippen MR) is 79.1 cm³/mol. The van der Waals surface area contributed by atoms with Gasteiger partial charge >= 0.3 is 0 Å². The molecule has 0 aliphatic heterocycles. The first-order valence-corrected chi connectivity index (χ1v) is 8.24. The van der Waals surface area contributed by atoms with Gasteiger partial charge in [-0.25, -0.2) is 4.98 Å². The highest BCUT2D eigenvalue weighted by atomic mass is 35.5. The van der Waals surface area contributed by atoms with Crippen molar-refractivity contribution in [1.82, 2.24) is 9.55 Å². The van der Waals surface area contributed by atoms with Crippen LogP contribution in [0.5, 0.6) is 0 Å². The van der Waals surface area contributed by atoms with Gasteiger partial charge in [0.25, 0.3) is 5.56 Å². The topological polar surface area (TPSA) is 52.0 Å². The number of benzene rings is 1. The third kappa shape index (κ3) is 3.22. The number of nitrogens with zero attached hydrogens (tertiary/aromatic N) is 2. The molecule has 2 aromatic rings. The Morgan fingerprint density at radius 3 is 2.79 bits per heavy atom. The van der Waals surface area contributed by atoms with Gasteiger partial charge in [-0.15, -0.1) is 11.6 Å². The van der Waals surface area contributed by atoms with Gasteiger partial charge in [-0.3, -0.25) is 13.6 Å². The van der Waals surface area contributed by atoms with E-state index >= 15 is 0 Å². The smallest absolute Gasteiger partial charge is 0.261 e. The quantitative estimate of drug-likeness (QED) is 0.792. The number of halogens is 1. The van der Waals surface area contributed by atoms with Crippen molar-refractivity contribution in [3.63, 3.8) is 0 Å². The summed E-state index contributed by atoms with van der Waals surface area (Å²) in [6.45, 7) is 0.498. The van der Waals surface area contributed by atoms with Crippen LogP contribution in [0.3, 0.4) is 0 Å². The number of rotatable bonds is 5. The first-order chi connectivity index (χ1) is 9.13. The van der Waals surface area contributed by atoms with Crippen molar-refractivity contribution in [2.45, 2.75) is 18.8 Å². The number of para-hydroxylation sites is 1. The zero-order valence-corrected chi connectivity index (χ0v) is 12.2. The molecular formula is C13H15ClN2O2S. The van der Waals surface area contributed by atoms with Crippen molar-refractivity contribution in [3.05, 3.63) is 40.4 Å². The monoisotopic (exact) mass is 298 g/mol. The summed E-state index contributed by atoms with van der Waals surface area (Å²) < 4.78 is 12.7. The van der Waals surface area contributed by atoms with Gasteiger partial charge in [-0.2, -0.15) is 0 Å². The Labute approximate surface area is 118 Å². The molecule has 0 saturated heterocycles. The summed E-state index contributed by atoms with van der Waals surface area (Å²) in [5.41, 5.74) is 0.585. The van der Waals surface area contributed by atoms with Crippen LogP contribution < -0.4 is 5.56 Å². The Balaban J connectivity index is 2.43. The Bertz CT molecular complexity index is 669. The Morgan fingerprint density at radius 1 is 1.37 bits per heavy atom. The summed E-state index contributed by atoms with van der Waals surface area (Å²) >= 11 is 5.86. The molecule has 6 heteroatoms. The molecule has 19 heavy (non-hydrogen) atoms. The molecule has 2 rings (SSSR count). The minimum atomic E-state index is -0.850. The molecule has 0 fully saturated rings. The molecule has 0 bridgehead atoms. The van der Waals surface area contributed by atoms with Crippen LogP contribution in [0.25, 0.3) is 10.9 Å². The van der Waals surface area contributed by atoms with Crippen LogP contribution in [0, 0.1) is 0 Å². The van der Waals surface area contributed by atoms with Crippen LogP contribution in [-0.2, 0) is 23.2 Å². The van der Waals surface area contributed by atoms with Gasteiger partial charge in [0.1, 0.15) is 5.82 Å². The Kier molecular flexibility index (Phi) is 4.71. The number of aromatic nitrogens is 2. The van der Waals surface area contributed by atoms with Gasteiger partial charge in [0.2, 0.25) is 0 Å². The van der Waals surface area contributed by atoms with Gasteiger partial charge in [0.15, 0.2) is 0 Å². The van der Waals surface area contributed by atoms with E-state index in [1.165, 1.54) is 0 Å². The lowest BCUT2D eigenvalue weighted by Gasteiger charge is -2.11. The third-order valence-corrected chi connectivity index (χ3v) is 3.98. The lowest BCUT2D eigenvalue weighted by molar-refractivity contribution is 0.618. The summed E-state index contributed by atoms with van der Waals surface area (Å²) in [5.74, 6) is 1.32. The highest BCUT2D eigenvalue weighted by molar-refractivity contribution is 7.84. The molecule has 0 spiro atoms. The summed E-state index contributed by atoms with van der Waals surface area (Å²) in [6, 6.07) is 7.23. The average molecular weight is 299 g/mol. The van der Waals surface area contributed by atoms with Gasteiger partial charge < -0.3 is 0 Å². The molecule has 1 heterocycles. The van der Waals surface area contributed by atoms with Gasteiger partial charge in [0.05, 0.1) is 16.8 Å². The fraction of sp³-hybridized carbons (Fsp3) is 0.385. The standard InChI is InChI=1S/C13H15ClN2O2S/c1-19(18)8-4-7-16-12(9-14)15-11-6-3-2-5-10(11)13(16)17/h2-3,5-6H,4,7-9H2,1H3. The van der Waals surface area contributed by atoms with Crippen LogP contribution in [-0.4, -0.2) is 25.8 Å². The van der Waals surface area contributed by atoms with Gasteiger partial charge in [-0.1, -0.05) is 12.1 Å². The van der Waals surface area contributed by atoms with E-state index in [1.807, 2.05) is 12.1 Å². The molecular weight excluding hydrogens is 284 g/mol. The van der Waals surface area contributed by atoms with Crippen molar-refractivity contribution < 1.29 is 4.21 Å². The fourth-order valence-corrected chi connectivity index (χ4v) is 2.71. The lowest BCUT2D eigenvalue weighted by Crippen LogP contribution is -2.25. The molecule has 4 nitrogen and oxygen atoms in total. The second-order valence-electron chi connectivity index (χ2n) is 4.27. The van der Waals surface area contributed by atoms with Crippen LogP contribution in [0.4, 0.5) is 0 Å². The largest absolute Gasteiger partial charge is 0.295 e. The van der Waals surface area contributed by atoms with E-state index < -0.39 is 10.8 Å². The molecule has 0 radical (unpaired) electrons. The second kappa shape index (κ2) is 6.30. The zero-order valence-electron chi connectivity index (χ0n) is 10.6. The van der Waals surface area contributed by atoms with E-state index in [9.17, 15) is 9.00 Å². The Hall–Kier alpha value is -1.20. The van der Waals surface area contributed by atoms with E-state index in [2.05, 4.69) is 4.98 Å². The van der Waals surface area contributed by atoms with Crippen molar-refractivity contribution in [2.24, 2.45) is 0 Å². The van der Waals surface area contributed by atoms with Crippen LogP contribution >= 0.6 is 11.6 Å². The highest BCUT2D eigenvalue weighted by Crippen LogP contribution is 2.09. The summed E-state index contributed by atoms with van der Waals surface area (Å²) in [6.07, 6.45) is 2.33. The molecule has 1 unspecified atom stereocenters. The summed E-state index contributed by atoms with van der Waals surface area (Å²) in [7, 11) is -0.850. The molecule has 0 amide bonds. The van der Waals surface area contributed by atoms with Gasteiger partial charge in [0, 0.05) is 29.4 Å². The van der Waals surface area contributed by atoms with Gasteiger partial charge in [-0.05, 0) is 18.6 Å². The molecule has 1 aromatic carbocycles. The maximum Gasteiger partial charge on any atom is 0.261 e. The van der Waals surface area contributed by atoms with E-state index in [-0.39, 0.29) is 11.4 Å². The zero-order chi connectivity index (χ0) is 13.8. The van der Waals surface area contributed by atoms with Crippen molar-refractivity contribution in [3.8, 4) is 0 Å². The third-order valence-electron chi connectivity index (χ3n) is 2.87. The van der Waals surface area contributed by atoms with E-state index in [1.54, 1.807) is 23.0 Å². The maximum absolute atomic E-state index is 12.4. The number of hydrogen-bond acceptors (Lipinski definition) is 3. The van der Waals surface area contributed by atoms with Crippen molar-refractivity contribution in [1.29, 1.82) is 0 Å². The molecule has 0 N–H and O–H groups in total. The molecule has 102 valence electrons. The van der Waals surface area contributed by atoms with E-state index in [4.69, 9.17) is 11.6 Å². The normalized spacial score (nSPS) is 12.7. The minimum absolute atomic E-state index is 0.0804. The van der Waals surface area contributed by atoms with Crippen LogP contribution in [0.2, 0.25) is 0 Å². The van der Waals surface area contributed by atoms with E-state index in [0.29, 0.717) is 35.4 Å². The lowest BCUT2D eigenvalue weighted by atomic mass is 10.2. The molecule has 0 saturated carbocycles. The second-order valence-corrected chi connectivity index (χ2v) is 6.09. The summed E-state index contributed by atoms with van der Waals surface area (Å²) in [4.78, 5) is 16.8. The van der Waals surface area contributed by atoms with Crippen LogP contribution in [0.1, 0.15) is 12.2 Å². The first-order valence-electron chi connectivity index (χ1n) is 5.98. The van der Waals surface area contributed by atoms with Crippen molar-refractivity contribution >= 4 is 33.3 Å². The van der Waals surface area contributed by atoms with Crippen LogP contribution in [0.15, 0.2) is 29.1 Å². The number of fused-ring (bicyclic) bond motifs is 1. The average Bonchev–Trinajstić information content (AvgIpc) is 2.40. The first kappa shape index (κ1) is 14.2. The van der Waals surface area contributed by atoms with Crippen molar-refractivity contribution in [2.75, 3.05) is 12.0 Å².